The van der Waals surface area contributed by atoms with E-state index in [0.29, 0.717) is 6.04 Å². The van der Waals surface area contributed by atoms with Crippen LogP contribution in [-0.2, 0) is 0 Å². The molecule has 0 aliphatic heterocycles. The lowest BCUT2D eigenvalue weighted by Crippen LogP contribution is -2.41. The van der Waals surface area contributed by atoms with E-state index in [2.05, 4.69) is 30.8 Å². The third-order valence-electron chi connectivity index (χ3n) is 3.15. The smallest absolute Gasteiger partial charge is 0.185 e. The first-order chi connectivity index (χ1) is 7.06. The number of aryl methyl sites for hydroxylation is 2. The number of hydrogen-bond donors (Lipinski definition) is 1. The van der Waals surface area contributed by atoms with Crippen LogP contribution in [0.25, 0.3) is 0 Å². The van der Waals surface area contributed by atoms with Gasteiger partial charge in [-0.25, -0.2) is 4.98 Å². The number of rotatable bonds is 3. The van der Waals surface area contributed by atoms with Crippen molar-refractivity contribution in [1.82, 2.24) is 4.98 Å². The van der Waals surface area contributed by atoms with Crippen molar-refractivity contribution in [3.05, 3.63) is 10.6 Å². The topological polar surface area (TPSA) is 42.2 Å². The first kappa shape index (κ1) is 10.9. The highest BCUT2D eigenvalue weighted by atomic mass is 32.1. The standard InChI is InChI=1S/C11H19N3S/c1-7-8(2)15-11(13-7)14(3)6-9-4-10(12)5-9/h9-10H,4-6,12H2,1-3H3. The molecule has 0 saturated heterocycles. The zero-order valence-corrected chi connectivity index (χ0v) is 10.5. The van der Waals surface area contributed by atoms with Crippen molar-refractivity contribution in [3.8, 4) is 0 Å². The minimum atomic E-state index is 0.447. The quantitative estimate of drug-likeness (QED) is 0.854. The van der Waals surface area contributed by atoms with Gasteiger partial charge in [-0.15, -0.1) is 11.3 Å². The van der Waals surface area contributed by atoms with Crippen molar-refractivity contribution in [3.63, 3.8) is 0 Å². The monoisotopic (exact) mass is 225 g/mol. The van der Waals surface area contributed by atoms with Crippen LogP contribution >= 0.6 is 11.3 Å². The van der Waals surface area contributed by atoms with Crippen molar-refractivity contribution >= 4 is 16.5 Å². The van der Waals surface area contributed by atoms with Gasteiger partial charge >= 0.3 is 0 Å². The number of thiazole rings is 1. The maximum Gasteiger partial charge on any atom is 0.185 e. The zero-order chi connectivity index (χ0) is 11.0. The summed E-state index contributed by atoms with van der Waals surface area (Å²) in [5.41, 5.74) is 6.94. The Balaban J connectivity index is 1.93. The van der Waals surface area contributed by atoms with Crippen LogP contribution in [0, 0.1) is 19.8 Å². The minimum Gasteiger partial charge on any atom is -0.351 e. The van der Waals surface area contributed by atoms with Gasteiger partial charge in [0.05, 0.1) is 5.69 Å². The van der Waals surface area contributed by atoms with Crippen molar-refractivity contribution in [2.75, 3.05) is 18.5 Å². The molecule has 0 bridgehead atoms. The molecule has 1 saturated carbocycles. The van der Waals surface area contributed by atoms with Crippen LogP contribution in [0.15, 0.2) is 0 Å². The average Bonchev–Trinajstić information content (AvgIpc) is 2.44. The Morgan fingerprint density at radius 1 is 1.47 bits per heavy atom. The summed E-state index contributed by atoms with van der Waals surface area (Å²) in [4.78, 5) is 8.14. The maximum absolute atomic E-state index is 5.78. The Morgan fingerprint density at radius 3 is 2.60 bits per heavy atom. The number of hydrogen-bond acceptors (Lipinski definition) is 4. The third kappa shape index (κ3) is 2.32. The van der Waals surface area contributed by atoms with Crippen LogP contribution in [0.1, 0.15) is 23.4 Å². The Kier molecular flexibility index (Phi) is 2.98. The molecule has 0 unspecified atom stereocenters. The molecule has 0 amide bonds. The van der Waals surface area contributed by atoms with E-state index in [1.165, 1.54) is 17.7 Å². The second-order valence-electron chi connectivity index (χ2n) is 4.62. The van der Waals surface area contributed by atoms with Crippen LogP contribution in [0.5, 0.6) is 0 Å². The number of nitrogens with zero attached hydrogens (tertiary/aromatic N) is 2. The molecule has 1 fully saturated rings. The summed E-state index contributed by atoms with van der Waals surface area (Å²) < 4.78 is 0. The maximum atomic E-state index is 5.78. The van der Waals surface area contributed by atoms with Crippen LogP contribution in [0.2, 0.25) is 0 Å². The van der Waals surface area contributed by atoms with Crippen LogP contribution in [0.3, 0.4) is 0 Å². The van der Waals surface area contributed by atoms with Crippen LogP contribution in [-0.4, -0.2) is 24.6 Å². The first-order valence-electron chi connectivity index (χ1n) is 5.47. The summed E-state index contributed by atoms with van der Waals surface area (Å²) in [6, 6.07) is 0.447. The Morgan fingerprint density at radius 2 is 2.13 bits per heavy atom. The van der Waals surface area contributed by atoms with E-state index in [-0.39, 0.29) is 0 Å². The van der Waals surface area contributed by atoms with Gasteiger partial charge in [-0.2, -0.15) is 0 Å². The molecule has 1 aliphatic rings. The third-order valence-corrected chi connectivity index (χ3v) is 4.34. The van der Waals surface area contributed by atoms with Gasteiger partial charge in [-0.3, -0.25) is 0 Å². The minimum absolute atomic E-state index is 0.447. The first-order valence-corrected chi connectivity index (χ1v) is 6.28. The highest BCUT2D eigenvalue weighted by Crippen LogP contribution is 2.30. The highest BCUT2D eigenvalue weighted by molar-refractivity contribution is 7.15. The number of anilines is 1. The SMILES string of the molecule is Cc1nc(N(C)CC2CC(N)C2)sc1C. The highest BCUT2D eigenvalue weighted by Gasteiger charge is 2.27. The van der Waals surface area contributed by atoms with Gasteiger partial charge in [0.25, 0.3) is 0 Å². The van der Waals surface area contributed by atoms with Crippen molar-refractivity contribution in [2.24, 2.45) is 11.7 Å². The molecule has 0 aromatic carbocycles. The van der Waals surface area contributed by atoms with Gasteiger partial charge in [0.2, 0.25) is 0 Å². The van der Waals surface area contributed by atoms with Gasteiger partial charge in [-0.05, 0) is 32.6 Å². The molecule has 1 aromatic rings. The second kappa shape index (κ2) is 4.10. The molecule has 1 aromatic heterocycles. The lowest BCUT2D eigenvalue weighted by molar-refractivity contribution is 0.271. The predicted molar refractivity (Wildman–Crippen MR) is 65.6 cm³/mol. The van der Waals surface area contributed by atoms with Crippen molar-refractivity contribution < 1.29 is 0 Å². The van der Waals surface area contributed by atoms with Gasteiger partial charge in [0.1, 0.15) is 0 Å². The fourth-order valence-electron chi connectivity index (χ4n) is 2.02. The summed E-state index contributed by atoms with van der Waals surface area (Å²) >= 11 is 1.78. The molecule has 1 aliphatic carbocycles. The van der Waals surface area contributed by atoms with E-state index in [1.807, 2.05) is 0 Å². The summed E-state index contributed by atoms with van der Waals surface area (Å²) in [5.74, 6) is 0.773. The predicted octanol–water partition coefficient (Wildman–Crippen LogP) is 1.93. The molecule has 15 heavy (non-hydrogen) atoms. The van der Waals surface area contributed by atoms with Gasteiger partial charge in [0, 0.05) is 24.5 Å². The van der Waals surface area contributed by atoms with E-state index >= 15 is 0 Å². The lowest BCUT2D eigenvalue weighted by Gasteiger charge is -2.35. The summed E-state index contributed by atoms with van der Waals surface area (Å²) in [7, 11) is 2.13. The molecule has 4 heteroatoms. The van der Waals surface area contributed by atoms with Crippen LogP contribution < -0.4 is 10.6 Å². The lowest BCUT2D eigenvalue weighted by atomic mass is 9.81. The Bertz CT molecular complexity index is 322. The normalized spacial score (nSPS) is 25.1. The van der Waals surface area contributed by atoms with E-state index in [0.717, 1.165) is 23.3 Å². The summed E-state index contributed by atoms with van der Waals surface area (Å²) in [6.45, 7) is 5.30. The number of aromatic nitrogens is 1. The van der Waals surface area contributed by atoms with E-state index < -0.39 is 0 Å². The molecule has 1 heterocycles. The molecule has 3 nitrogen and oxygen atoms in total. The zero-order valence-electron chi connectivity index (χ0n) is 9.66. The summed E-state index contributed by atoms with van der Waals surface area (Å²) in [6.07, 6.45) is 2.35. The largest absolute Gasteiger partial charge is 0.351 e. The molecular weight excluding hydrogens is 206 g/mol. The fraction of sp³-hybridized carbons (Fsp3) is 0.727. The molecule has 0 spiro atoms. The molecule has 84 valence electrons. The van der Waals surface area contributed by atoms with E-state index in [9.17, 15) is 0 Å². The molecular formula is C11H19N3S. The van der Waals surface area contributed by atoms with Crippen molar-refractivity contribution in [2.45, 2.75) is 32.7 Å². The number of nitrogens with two attached hydrogens (primary N) is 1. The van der Waals surface area contributed by atoms with Crippen molar-refractivity contribution in [1.29, 1.82) is 0 Å². The van der Waals surface area contributed by atoms with Gasteiger partial charge < -0.3 is 10.6 Å². The molecule has 2 rings (SSSR count). The molecule has 0 atom stereocenters. The Hall–Kier alpha value is -0.610. The molecule has 2 N–H and O–H groups in total. The van der Waals surface area contributed by atoms with Crippen LogP contribution in [0.4, 0.5) is 5.13 Å². The van der Waals surface area contributed by atoms with Gasteiger partial charge in [0.15, 0.2) is 5.13 Å². The van der Waals surface area contributed by atoms with E-state index in [1.54, 1.807) is 11.3 Å². The summed E-state index contributed by atoms with van der Waals surface area (Å²) in [5, 5.41) is 1.14. The van der Waals surface area contributed by atoms with E-state index in [4.69, 9.17) is 5.73 Å². The molecule has 0 radical (unpaired) electrons. The Labute approximate surface area is 95.3 Å². The second-order valence-corrected chi connectivity index (χ2v) is 5.80. The average molecular weight is 225 g/mol. The fourth-order valence-corrected chi connectivity index (χ4v) is 2.90. The van der Waals surface area contributed by atoms with Gasteiger partial charge in [-0.1, -0.05) is 0 Å².